The molecule has 2 heterocycles. The van der Waals surface area contributed by atoms with Gasteiger partial charge in [-0.3, -0.25) is 9.97 Å². The molecule has 3 heteroatoms. The molecule has 0 aliphatic rings. The first-order valence-corrected chi connectivity index (χ1v) is 7.57. The van der Waals surface area contributed by atoms with Gasteiger partial charge in [0, 0.05) is 12.4 Å². The number of aromatic nitrogens is 2. The Kier molecular flexibility index (Phi) is 5.45. The van der Waals surface area contributed by atoms with E-state index < -0.39 is 0 Å². The molecule has 0 radical (unpaired) electrons. The molecular weight excluding hydrogens is 260 g/mol. The van der Waals surface area contributed by atoms with Crippen molar-refractivity contribution >= 4 is 0 Å². The summed E-state index contributed by atoms with van der Waals surface area (Å²) in [4.78, 5) is 8.92. The summed E-state index contributed by atoms with van der Waals surface area (Å²) < 4.78 is 6.42. The number of pyridine rings is 2. The lowest BCUT2D eigenvalue weighted by Crippen LogP contribution is -2.20. The van der Waals surface area contributed by atoms with Gasteiger partial charge in [0.05, 0.1) is 11.4 Å². The Balaban J connectivity index is 2.25. The molecule has 0 amide bonds. The van der Waals surface area contributed by atoms with E-state index in [1.54, 1.807) is 0 Å². The van der Waals surface area contributed by atoms with Crippen molar-refractivity contribution in [1.29, 1.82) is 0 Å². The molecule has 2 rings (SSSR count). The van der Waals surface area contributed by atoms with Crippen LogP contribution in [0.3, 0.4) is 0 Å². The molecule has 0 bridgehead atoms. The number of hydrogen-bond donors (Lipinski definition) is 0. The van der Waals surface area contributed by atoms with Crippen LogP contribution in [-0.4, -0.2) is 9.97 Å². The highest BCUT2D eigenvalue weighted by Gasteiger charge is 2.26. The van der Waals surface area contributed by atoms with Crippen LogP contribution in [0.2, 0.25) is 0 Å². The second kappa shape index (κ2) is 7.32. The highest BCUT2D eigenvalue weighted by Crippen LogP contribution is 2.34. The molecule has 2 unspecified atom stereocenters. The maximum Gasteiger partial charge on any atom is 0.103 e. The van der Waals surface area contributed by atoms with E-state index in [9.17, 15) is 0 Å². The predicted octanol–water partition coefficient (Wildman–Crippen LogP) is 4.59. The summed E-state index contributed by atoms with van der Waals surface area (Å²) in [6.07, 6.45) is 3.58. The molecule has 3 nitrogen and oxygen atoms in total. The van der Waals surface area contributed by atoms with Crippen molar-refractivity contribution in [3.63, 3.8) is 0 Å². The number of ether oxygens (including phenoxy) is 1. The van der Waals surface area contributed by atoms with Crippen molar-refractivity contribution in [1.82, 2.24) is 9.97 Å². The van der Waals surface area contributed by atoms with Crippen LogP contribution in [0.15, 0.2) is 48.8 Å². The Morgan fingerprint density at radius 2 is 1.14 bits per heavy atom. The predicted molar refractivity (Wildman–Crippen MR) is 84.7 cm³/mol. The molecule has 0 spiro atoms. The van der Waals surface area contributed by atoms with Crippen LogP contribution in [0.4, 0.5) is 0 Å². The minimum Gasteiger partial charge on any atom is -0.362 e. The van der Waals surface area contributed by atoms with Crippen LogP contribution in [0, 0.1) is 11.8 Å². The zero-order valence-corrected chi connectivity index (χ0v) is 13.2. The third-order valence-electron chi connectivity index (χ3n) is 3.46. The molecule has 0 aromatic carbocycles. The zero-order valence-electron chi connectivity index (χ0n) is 13.2. The summed E-state index contributed by atoms with van der Waals surface area (Å²) in [5.41, 5.74) is 1.96. The molecule has 112 valence electrons. The monoisotopic (exact) mass is 284 g/mol. The van der Waals surface area contributed by atoms with Crippen molar-refractivity contribution in [2.24, 2.45) is 11.8 Å². The molecule has 2 aromatic heterocycles. The minimum atomic E-state index is -0.0272. The number of nitrogens with zero attached hydrogens (tertiary/aromatic N) is 2. The minimum absolute atomic E-state index is 0.0272. The van der Waals surface area contributed by atoms with E-state index in [1.165, 1.54) is 0 Å². The van der Waals surface area contributed by atoms with Crippen LogP contribution >= 0.6 is 0 Å². The van der Waals surface area contributed by atoms with Crippen molar-refractivity contribution in [2.75, 3.05) is 0 Å². The van der Waals surface area contributed by atoms with Gasteiger partial charge in [0.15, 0.2) is 0 Å². The third kappa shape index (κ3) is 4.11. The van der Waals surface area contributed by atoms with Crippen molar-refractivity contribution in [3.05, 3.63) is 60.2 Å². The first-order chi connectivity index (χ1) is 10.1. The van der Waals surface area contributed by atoms with Crippen LogP contribution in [-0.2, 0) is 4.74 Å². The largest absolute Gasteiger partial charge is 0.362 e. The second-order valence-corrected chi connectivity index (χ2v) is 5.97. The summed E-state index contributed by atoms with van der Waals surface area (Å²) >= 11 is 0. The van der Waals surface area contributed by atoms with Gasteiger partial charge in [-0.1, -0.05) is 39.8 Å². The molecule has 0 saturated carbocycles. The van der Waals surface area contributed by atoms with E-state index in [-0.39, 0.29) is 12.2 Å². The van der Waals surface area contributed by atoms with Gasteiger partial charge in [-0.2, -0.15) is 0 Å². The lowest BCUT2D eigenvalue weighted by Gasteiger charge is -2.29. The summed E-state index contributed by atoms with van der Waals surface area (Å²) in [6.45, 7) is 8.65. The van der Waals surface area contributed by atoms with Gasteiger partial charge in [0.25, 0.3) is 0 Å². The van der Waals surface area contributed by atoms with Gasteiger partial charge in [0.1, 0.15) is 12.2 Å². The summed E-state index contributed by atoms with van der Waals surface area (Å²) in [7, 11) is 0. The quantitative estimate of drug-likeness (QED) is 0.778. The van der Waals surface area contributed by atoms with E-state index in [0.29, 0.717) is 11.8 Å². The third-order valence-corrected chi connectivity index (χ3v) is 3.46. The van der Waals surface area contributed by atoms with Gasteiger partial charge in [-0.05, 0) is 36.1 Å². The highest BCUT2D eigenvalue weighted by molar-refractivity contribution is 5.11. The zero-order chi connectivity index (χ0) is 15.2. The summed E-state index contributed by atoms with van der Waals surface area (Å²) in [5, 5.41) is 0. The smallest absolute Gasteiger partial charge is 0.103 e. The van der Waals surface area contributed by atoms with Crippen molar-refractivity contribution in [2.45, 2.75) is 39.9 Å². The first-order valence-electron chi connectivity index (χ1n) is 7.57. The normalized spacial score (nSPS) is 14.4. The highest BCUT2D eigenvalue weighted by atomic mass is 16.5. The molecule has 0 N–H and O–H groups in total. The maximum atomic E-state index is 6.42. The molecular formula is C18H24N2O. The standard InChI is InChI=1S/C18H24N2O/c1-13(2)17(15-9-5-7-11-19-15)21-18(14(3)4)16-10-6-8-12-20-16/h5-14,17-18H,1-4H3. The van der Waals surface area contributed by atoms with E-state index in [2.05, 4.69) is 37.7 Å². The van der Waals surface area contributed by atoms with Gasteiger partial charge >= 0.3 is 0 Å². The van der Waals surface area contributed by atoms with E-state index in [4.69, 9.17) is 4.74 Å². The molecule has 0 fully saturated rings. The molecule has 0 aliphatic heterocycles. The van der Waals surface area contributed by atoms with Crippen LogP contribution in [0.1, 0.15) is 51.3 Å². The fourth-order valence-electron chi connectivity index (χ4n) is 2.38. The van der Waals surface area contributed by atoms with E-state index >= 15 is 0 Å². The molecule has 0 aliphatic carbocycles. The summed E-state index contributed by atoms with van der Waals surface area (Å²) in [5.74, 6) is 0.703. The molecule has 0 saturated heterocycles. The second-order valence-electron chi connectivity index (χ2n) is 5.97. The SMILES string of the molecule is CC(C)C(OC(c1ccccn1)C(C)C)c1ccccn1. The fourth-order valence-corrected chi connectivity index (χ4v) is 2.38. The molecule has 2 atom stereocenters. The maximum absolute atomic E-state index is 6.42. The fraction of sp³-hybridized carbons (Fsp3) is 0.444. The van der Waals surface area contributed by atoms with Gasteiger partial charge in [0.2, 0.25) is 0 Å². The van der Waals surface area contributed by atoms with Gasteiger partial charge < -0.3 is 4.74 Å². The van der Waals surface area contributed by atoms with Gasteiger partial charge in [-0.15, -0.1) is 0 Å². The van der Waals surface area contributed by atoms with E-state index in [1.807, 2.05) is 48.8 Å². The topological polar surface area (TPSA) is 35.0 Å². The number of hydrogen-bond acceptors (Lipinski definition) is 3. The van der Waals surface area contributed by atoms with Crippen LogP contribution in [0.25, 0.3) is 0 Å². The van der Waals surface area contributed by atoms with Crippen LogP contribution in [0.5, 0.6) is 0 Å². The van der Waals surface area contributed by atoms with Gasteiger partial charge in [-0.25, -0.2) is 0 Å². The van der Waals surface area contributed by atoms with Crippen molar-refractivity contribution in [3.8, 4) is 0 Å². The Labute approximate surface area is 127 Å². The Morgan fingerprint density at radius 3 is 1.43 bits per heavy atom. The number of rotatable bonds is 6. The first kappa shape index (κ1) is 15.6. The average Bonchev–Trinajstić information content (AvgIpc) is 2.49. The Morgan fingerprint density at radius 1 is 0.714 bits per heavy atom. The van der Waals surface area contributed by atoms with Crippen LogP contribution < -0.4 is 0 Å². The Hall–Kier alpha value is -1.74. The molecule has 21 heavy (non-hydrogen) atoms. The lowest BCUT2D eigenvalue weighted by atomic mass is 9.99. The molecule has 2 aromatic rings. The average molecular weight is 284 g/mol. The van der Waals surface area contributed by atoms with Crippen molar-refractivity contribution < 1.29 is 4.74 Å². The Bertz CT molecular complexity index is 476. The lowest BCUT2D eigenvalue weighted by molar-refractivity contribution is -0.0649. The summed E-state index contributed by atoms with van der Waals surface area (Å²) in [6, 6.07) is 11.9. The van der Waals surface area contributed by atoms with E-state index in [0.717, 1.165) is 11.4 Å².